The van der Waals surface area contributed by atoms with E-state index < -0.39 is 35.8 Å². The van der Waals surface area contributed by atoms with E-state index in [0.29, 0.717) is 0 Å². The van der Waals surface area contributed by atoms with Gasteiger partial charge in [-0.2, -0.15) is 16.8 Å². The summed E-state index contributed by atoms with van der Waals surface area (Å²) in [6, 6.07) is 19.5. The van der Waals surface area contributed by atoms with E-state index in [1.54, 1.807) is 0 Å². The van der Waals surface area contributed by atoms with Crippen LogP contribution in [-0.2, 0) is 20.2 Å². The van der Waals surface area contributed by atoms with Gasteiger partial charge in [-0.3, -0.25) is 13.9 Å². The summed E-state index contributed by atoms with van der Waals surface area (Å²) in [5.74, 6) is -0.434. The molecule has 0 aliphatic heterocycles. The quantitative estimate of drug-likeness (QED) is 0.209. The van der Waals surface area contributed by atoms with E-state index in [4.69, 9.17) is 14.8 Å². The molecule has 34 heavy (non-hydrogen) atoms. The lowest BCUT2D eigenvalue weighted by Crippen LogP contribution is -2.05. The third kappa shape index (κ3) is 4.13. The van der Waals surface area contributed by atoms with Gasteiger partial charge in [0.2, 0.25) is 0 Å². The first kappa shape index (κ1) is 23.4. The molecular formula is C23H17NO8S2. The monoisotopic (exact) mass is 499 g/mol. The molecule has 1 aliphatic carbocycles. The fourth-order valence-electron chi connectivity index (χ4n) is 3.79. The molecule has 0 spiro atoms. The van der Waals surface area contributed by atoms with Crippen LogP contribution in [-0.4, -0.2) is 36.8 Å². The minimum atomic E-state index is -4.75. The minimum Gasteiger partial charge on any atom is -0.507 e. The standard InChI is InChI=1S/C13H8O.C10H9NO7S2/c14-13-11-7-3-1-5-9(11)10-6-2-4-8-12(10)13;11-8-2-1-6-7(10(8)20(16,17)18)3-5(4-9(6)12)19(13,14)15/h1-8H;1-4,12H,11H2,(H,13,14,15)(H,16,17,18). The second kappa shape index (κ2) is 8.22. The van der Waals surface area contributed by atoms with Crippen LogP contribution in [0.2, 0.25) is 0 Å². The fraction of sp³-hybridized carbons (Fsp3) is 0. The first-order valence-electron chi connectivity index (χ1n) is 9.63. The summed E-state index contributed by atoms with van der Waals surface area (Å²) < 4.78 is 62.9. The van der Waals surface area contributed by atoms with Gasteiger partial charge in [-0.15, -0.1) is 0 Å². The van der Waals surface area contributed by atoms with Crippen molar-refractivity contribution in [2.45, 2.75) is 9.79 Å². The van der Waals surface area contributed by atoms with E-state index in [1.165, 1.54) is 6.07 Å². The number of phenolic OH excluding ortho intramolecular Hbond substituents is 1. The highest BCUT2D eigenvalue weighted by Crippen LogP contribution is 2.36. The molecule has 0 saturated carbocycles. The number of aromatic hydroxyl groups is 1. The maximum atomic E-state index is 11.9. The summed E-state index contributed by atoms with van der Waals surface area (Å²) in [6.45, 7) is 0. The molecule has 4 aromatic rings. The lowest BCUT2D eigenvalue weighted by Gasteiger charge is -2.10. The molecule has 5 rings (SSSR count). The average molecular weight is 500 g/mol. The Bertz CT molecular complexity index is 1650. The topological polar surface area (TPSA) is 172 Å². The number of phenols is 1. The van der Waals surface area contributed by atoms with Crippen molar-refractivity contribution in [3.05, 3.63) is 83.9 Å². The molecule has 4 aromatic carbocycles. The number of benzene rings is 4. The van der Waals surface area contributed by atoms with Crippen LogP contribution in [0.1, 0.15) is 15.9 Å². The Hall–Kier alpha value is -3.77. The molecule has 5 N–H and O–H groups in total. The van der Waals surface area contributed by atoms with Crippen molar-refractivity contribution >= 4 is 42.5 Å². The molecule has 0 saturated heterocycles. The van der Waals surface area contributed by atoms with E-state index in [1.807, 2.05) is 48.5 Å². The molecule has 0 bridgehead atoms. The number of fused-ring (bicyclic) bond motifs is 4. The van der Waals surface area contributed by atoms with E-state index in [0.717, 1.165) is 40.5 Å². The molecule has 0 unspecified atom stereocenters. The Morgan fingerprint density at radius 3 is 1.62 bits per heavy atom. The summed E-state index contributed by atoms with van der Waals surface area (Å²) in [5, 5.41) is 9.34. The zero-order chi connectivity index (χ0) is 24.8. The molecule has 11 heteroatoms. The zero-order valence-electron chi connectivity index (χ0n) is 17.2. The third-order valence-electron chi connectivity index (χ3n) is 5.26. The van der Waals surface area contributed by atoms with Crippen LogP contribution < -0.4 is 5.73 Å². The van der Waals surface area contributed by atoms with Crippen molar-refractivity contribution in [3.8, 4) is 16.9 Å². The summed E-state index contributed by atoms with van der Waals surface area (Å²) in [6.07, 6.45) is 0. The highest BCUT2D eigenvalue weighted by atomic mass is 32.2. The van der Waals surface area contributed by atoms with Gasteiger partial charge in [0, 0.05) is 28.0 Å². The van der Waals surface area contributed by atoms with Crippen molar-refractivity contribution in [1.29, 1.82) is 0 Å². The second-order valence-electron chi connectivity index (χ2n) is 7.39. The summed E-state index contributed by atoms with van der Waals surface area (Å²) >= 11 is 0. The second-order valence-corrected chi connectivity index (χ2v) is 10.2. The third-order valence-corrected chi connectivity index (χ3v) is 7.06. The SMILES string of the molecule is Nc1ccc2c(O)cc(S(=O)(=O)O)cc2c1S(=O)(=O)O.O=C1c2ccccc2-c2ccccc21. The summed E-state index contributed by atoms with van der Waals surface area (Å²) in [5.41, 5.74) is 8.90. The molecule has 1 aliphatic rings. The molecular weight excluding hydrogens is 482 g/mol. The molecule has 9 nitrogen and oxygen atoms in total. The van der Waals surface area contributed by atoms with Crippen LogP contribution in [0.3, 0.4) is 0 Å². The molecule has 174 valence electrons. The number of nitrogens with two attached hydrogens (primary N) is 1. The number of hydrogen-bond donors (Lipinski definition) is 4. The number of nitrogen functional groups attached to an aromatic ring is 1. The van der Waals surface area contributed by atoms with Crippen LogP contribution in [0.25, 0.3) is 21.9 Å². The summed E-state index contributed by atoms with van der Waals surface area (Å²) in [4.78, 5) is 10.4. The van der Waals surface area contributed by atoms with Gasteiger partial charge in [0.15, 0.2) is 5.78 Å². The Balaban J connectivity index is 0.000000170. The number of hydrogen-bond acceptors (Lipinski definition) is 7. The van der Waals surface area contributed by atoms with Gasteiger partial charge in [0.05, 0.1) is 10.6 Å². The van der Waals surface area contributed by atoms with E-state index in [2.05, 4.69) is 0 Å². The molecule has 0 heterocycles. The van der Waals surface area contributed by atoms with Crippen LogP contribution in [0.15, 0.2) is 82.6 Å². The Labute approximate surface area is 194 Å². The number of ketones is 1. The number of carbonyl (C=O) groups excluding carboxylic acids is 1. The van der Waals surface area contributed by atoms with Gasteiger partial charge in [-0.05, 0) is 29.3 Å². The van der Waals surface area contributed by atoms with Gasteiger partial charge in [0.25, 0.3) is 20.2 Å². The van der Waals surface area contributed by atoms with Crippen molar-refractivity contribution in [3.63, 3.8) is 0 Å². The maximum Gasteiger partial charge on any atom is 0.297 e. The lowest BCUT2D eigenvalue weighted by molar-refractivity contribution is 0.104. The predicted molar refractivity (Wildman–Crippen MR) is 125 cm³/mol. The van der Waals surface area contributed by atoms with Crippen LogP contribution in [0.4, 0.5) is 5.69 Å². The Morgan fingerprint density at radius 1 is 0.647 bits per heavy atom. The highest BCUT2D eigenvalue weighted by Gasteiger charge is 2.25. The molecule has 0 amide bonds. The smallest absolute Gasteiger partial charge is 0.297 e. The van der Waals surface area contributed by atoms with Gasteiger partial charge >= 0.3 is 0 Å². The summed E-state index contributed by atoms with van der Waals surface area (Å²) in [7, 11) is -9.42. The molecule has 0 aromatic heterocycles. The first-order valence-corrected chi connectivity index (χ1v) is 12.5. The van der Waals surface area contributed by atoms with Crippen LogP contribution >= 0.6 is 0 Å². The molecule has 0 atom stereocenters. The molecule has 0 radical (unpaired) electrons. The van der Waals surface area contributed by atoms with Crippen LogP contribution in [0, 0.1) is 0 Å². The lowest BCUT2D eigenvalue weighted by atomic mass is 10.1. The number of rotatable bonds is 2. The van der Waals surface area contributed by atoms with E-state index in [9.17, 15) is 26.7 Å². The van der Waals surface area contributed by atoms with Crippen molar-refractivity contribution in [2.24, 2.45) is 0 Å². The normalized spacial score (nSPS) is 12.6. The minimum absolute atomic E-state index is 0.0424. The van der Waals surface area contributed by atoms with Crippen LogP contribution in [0.5, 0.6) is 5.75 Å². The van der Waals surface area contributed by atoms with Gasteiger partial charge in [-0.1, -0.05) is 48.5 Å². The van der Waals surface area contributed by atoms with Crippen molar-refractivity contribution < 1.29 is 35.8 Å². The van der Waals surface area contributed by atoms with Gasteiger partial charge < -0.3 is 10.8 Å². The maximum absolute atomic E-state index is 11.9. The number of carbonyl (C=O) groups is 1. The largest absolute Gasteiger partial charge is 0.507 e. The Kier molecular flexibility index (Phi) is 5.66. The van der Waals surface area contributed by atoms with Gasteiger partial charge in [-0.25, -0.2) is 0 Å². The molecule has 0 fully saturated rings. The fourth-order valence-corrected chi connectivity index (χ4v) is 5.13. The first-order chi connectivity index (χ1) is 15.9. The highest BCUT2D eigenvalue weighted by molar-refractivity contribution is 7.86. The average Bonchev–Trinajstić information content (AvgIpc) is 3.05. The number of anilines is 1. The zero-order valence-corrected chi connectivity index (χ0v) is 18.8. The Morgan fingerprint density at radius 2 is 1.15 bits per heavy atom. The van der Waals surface area contributed by atoms with E-state index >= 15 is 0 Å². The van der Waals surface area contributed by atoms with E-state index in [-0.39, 0.29) is 22.2 Å². The van der Waals surface area contributed by atoms with Crippen molar-refractivity contribution in [1.82, 2.24) is 0 Å². The predicted octanol–water partition coefficient (Wildman–Crippen LogP) is 3.52. The van der Waals surface area contributed by atoms with Gasteiger partial charge in [0.1, 0.15) is 10.6 Å². The van der Waals surface area contributed by atoms with Crippen molar-refractivity contribution in [2.75, 3.05) is 5.73 Å².